The van der Waals surface area contributed by atoms with Crippen LogP contribution in [0.5, 0.6) is 0 Å². The van der Waals surface area contributed by atoms with Gasteiger partial charge in [0.25, 0.3) is 0 Å². The zero-order valence-corrected chi connectivity index (χ0v) is 9.90. The summed E-state index contributed by atoms with van der Waals surface area (Å²) in [7, 11) is 0. The summed E-state index contributed by atoms with van der Waals surface area (Å²) < 4.78 is 13.9. The molecule has 2 N–H and O–H groups in total. The average Bonchev–Trinajstić information content (AvgIpc) is 2.20. The maximum absolute atomic E-state index is 13.2. The molecule has 0 spiro atoms. The van der Waals surface area contributed by atoms with E-state index in [1.165, 1.54) is 12.1 Å². The molecule has 0 heterocycles. The second-order valence-electron chi connectivity index (χ2n) is 2.95. The first kappa shape index (κ1) is 12.1. The maximum atomic E-state index is 13.2. The lowest BCUT2D eigenvalue weighted by Gasteiger charge is -2.06. The van der Waals surface area contributed by atoms with Gasteiger partial charge in [-0.3, -0.25) is 4.79 Å². The SMILES string of the molecule is CCNCC(=O)Nc1cc(Br)ccc1F. The Balaban J connectivity index is 2.63. The molecule has 0 aliphatic heterocycles. The van der Waals surface area contributed by atoms with Crippen molar-refractivity contribution in [2.24, 2.45) is 0 Å². The van der Waals surface area contributed by atoms with Gasteiger partial charge in [-0.1, -0.05) is 22.9 Å². The minimum absolute atomic E-state index is 0.183. The molecule has 1 aromatic rings. The van der Waals surface area contributed by atoms with Crippen molar-refractivity contribution in [3.63, 3.8) is 0 Å². The van der Waals surface area contributed by atoms with E-state index >= 15 is 0 Å². The number of hydrogen-bond donors (Lipinski definition) is 2. The molecule has 0 saturated heterocycles. The van der Waals surface area contributed by atoms with Crippen LogP contribution in [0.4, 0.5) is 10.1 Å². The smallest absolute Gasteiger partial charge is 0.238 e. The van der Waals surface area contributed by atoms with Crippen LogP contribution in [0, 0.1) is 5.82 Å². The Kier molecular flexibility index (Phi) is 4.71. The van der Waals surface area contributed by atoms with Crippen LogP contribution in [0.15, 0.2) is 22.7 Å². The van der Waals surface area contributed by atoms with Crippen LogP contribution in [0.3, 0.4) is 0 Å². The molecule has 3 nitrogen and oxygen atoms in total. The van der Waals surface area contributed by atoms with E-state index in [1.54, 1.807) is 6.07 Å². The summed E-state index contributed by atoms with van der Waals surface area (Å²) in [5, 5.41) is 5.34. The van der Waals surface area contributed by atoms with Crippen molar-refractivity contribution in [1.82, 2.24) is 5.32 Å². The number of likely N-dealkylation sites (N-methyl/N-ethyl adjacent to an activating group) is 1. The summed E-state index contributed by atoms with van der Waals surface area (Å²) in [6, 6.07) is 4.40. The highest BCUT2D eigenvalue weighted by atomic mass is 79.9. The fourth-order valence-electron chi connectivity index (χ4n) is 1.03. The topological polar surface area (TPSA) is 41.1 Å². The first-order valence-electron chi connectivity index (χ1n) is 4.59. The van der Waals surface area contributed by atoms with Gasteiger partial charge in [0.2, 0.25) is 5.91 Å². The van der Waals surface area contributed by atoms with Crippen LogP contribution < -0.4 is 10.6 Å². The summed E-state index contributed by atoms with van der Waals surface area (Å²) in [4.78, 5) is 11.3. The van der Waals surface area contributed by atoms with Gasteiger partial charge in [0.05, 0.1) is 12.2 Å². The number of anilines is 1. The van der Waals surface area contributed by atoms with E-state index < -0.39 is 5.82 Å². The van der Waals surface area contributed by atoms with Gasteiger partial charge < -0.3 is 10.6 Å². The van der Waals surface area contributed by atoms with E-state index in [4.69, 9.17) is 0 Å². The second-order valence-corrected chi connectivity index (χ2v) is 3.87. The third-order valence-electron chi connectivity index (χ3n) is 1.74. The molecule has 0 unspecified atom stereocenters. The molecule has 0 radical (unpaired) electrons. The standard InChI is InChI=1S/C10H12BrFN2O/c1-2-13-6-10(15)14-9-5-7(11)3-4-8(9)12/h3-5,13H,2,6H2,1H3,(H,14,15). The van der Waals surface area contributed by atoms with Crippen LogP contribution in [0.2, 0.25) is 0 Å². The summed E-state index contributed by atoms with van der Waals surface area (Å²) >= 11 is 3.21. The number of benzene rings is 1. The Morgan fingerprint density at radius 1 is 1.53 bits per heavy atom. The van der Waals surface area contributed by atoms with Gasteiger partial charge in [0, 0.05) is 4.47 Å². The van der Waals surface area contributed by atoms with E-state index in [9.17, 15) is 9.18 Å². The molecule has 0 aliphatic rings. The number of nitrogens with one attached hydrogen (secondary N) is 2. The molecule has 0 saturated carbocycles. The Hall–Kier alpha value is -0.940. The monoisotopic (exact) mass is 274 g/mol. The average molecular weight is 275 g/mol. The van der Waals surface area contributed by atoms with Crippen LogP contribution in [-0.2, 0) is 4.79 Å². The lowest BCUT2D eigenvalue weighted by molar-refractivity contribution is -0.115. The molecule has 0 aromatic heterocycles. The van der Waals surface area contributed by atoms with Crippen molar-refractivity contribution in [2.75, 3.05) is 18.4 Å². The van der Waals surface area contributed by atoms with E-state index in [1.807, 2.05) is 6.92 Å². The minimum Gasteiger partial charge on any atom is -0.322 e. The number of halogens is 2. The molecule has 15 heavy (non-hydrogen) atoms. The number of carbonyl (C=O) groups excluding carboxylic acids is 1. The van der Waals surface area contributed by atoms with Gasteiger partial charge in [-0.15, -0.1) is 0 Å². The number of carbonyl (C=O) groups is 1. The minimum atomic E-state index is -0.442. The van der Waals surface area contributed by atoms with Crippen LogP contribution in [0.1, 0.15) is 6.92 Å². The largest absolute Gasteiger partial charge is 0.322 e. The zero-order chi connectivity index (χ0) is 11.3. The molecule has 1 amide bonds. The molecule has 0 fully saturated rings. The highest BCUT2D eigenvalue weighted by Gasteiger charge is 2.06. The van der Waals surface area contributed by atoms with E-state index in [-0.39, 0.29) is 18.1 Å². The number of amides is 1. The van der Waals surface area contributed by atoms with Gasteiger partial charge in [0.1, 0.15) is 5.82 Å². The molecule has 5 heteroatoms. The van der Waals surface area contributed by atoms with Gasteiger partial charge >= 0.3 is 0 Å². The van der Waals surface area contributed by atoms with Crippen LogP contribution >= 0.6 is 15.9 Å². The van der Waals surface area contributed by atoms with E-state index in [2.05, 4.69) is 26.6 Å². The van der Waals surface area contributed by atoms with Gasteiger partial charge in [0.15, 0.2) is 0 Å². The summed E-state index contributed by atoms with van der Waals surface area (Å²) in [6.45, 7) is 2.78. The quantitative estimate of drug-likeness (QED) is 0.883. The fourth-order valence-corrected chi connectivity index (χ4v) is 1.39. The van der Waals surface area contributed by atoms with Crippen molar-refractivity contribution in [3.05, 3.63) is 28.5 Å². The molecule has 0 bridgehead atoms. The lowest BCUT2D eigenvalue weighted by atomic mass is 10.3. The molecule has 1 rings (SSSR count). The first-order chi connectivity index (χ1) is 7.13. The van der Waals surface area contributed by atoms with Crippen molar-refractivity contribution in [3.8, 4) is 0 Å². The summed E-state index contributed by atoms with van der Waals surface area (Å²) in [5.74, 6) is -0.697. The van der Waals surface area contributed by atoms with Gasteiger partial charge in [-0.05, 0) is 24.7 Å². The van der Waals surface area contributed by atoms with Crippen molar-refractivity contribution >= 4 is 27.5 Å². The zero-order valence-electron chi connectivity index (χ0n) is 8.31. The number of hydrogen-bond acceptors (Lipinski definition) is 2. The van der Waals surface area contributed by atoms with Crippen molar-refractivity contribution < 1.29 is 9.18 Å². The Morgan fingerprint density at radius 3 is 2.93 bits per heavy atom. The normalized spacial score (nSPS) is 10.1. The molecule has 82 valence electrons. The third kappa shape index (κ3) is 3.97. The van der Waals surface area contributed by atoms with Crippen LogP contribution in [-0.4, -0.2) is 19.0 Å². The Morgan fingerprint density at radius 2 is 2.27 bits per heavy atom. The van der Waals surface area contributed by atoms with Gasteiger partial charge in [-0.2, -0.15) is 0 Å². The summed E-state index contributed by atoms with van der Waals surface area (Å²) in [5.41, 5.74) is 0.187. The fraction of sp³-hybridized carbons (Fsp3) is 0.300. The summed E-state index contributed by atoms with van der Waals surface area (Å²) in [6.07, 6.45) is 0. The highest BCUT2D eigenvalue weighted by molar-refractivity contribution is 9.10. The lowest BCUT2D eigenvalue weighted by Crippen LogP contribution is -2.28. The molecular formula is C10H12BrFN2O. The predicted molar refractivity (Wildman–Crippen MR) is 61.3 cm³/mol. The predicted octanol–water partition coefficient (Wildman–Crippen LogP) is 2.14. The highest BCUT2D eigenvalue weighted by Crippen LogP contribution is 2.19. The Bertz CT molecular complexity index is 357. The second kappa shape index (κ2) is 5.82. The molecule has 1 aromatic carbocycles. The van der Waals surface area contributed by atoms with E-state index in [0.717, 1.165) is 4.47 Å². The van der Waals surface area contributed by atoms with E-state index in [0.29, 0.717) is 6.54 Å². The molecular weight excluding hydrogens is 263 g/mol. The molecule has 0 atom stereocenters. The maximum Gasteiger partial charge on any atom is 0.238 e. The molecule has 0 aliphatic carbocycles. The van der Waals surface area contributed by atoms with Gasteiger partial charge in [-0.25, -0.2) is 4.39 Å². The number of rotatable bonds is 4. The van der Waals surface area contributed by atoms with Crippen molar-refractivity contribution in [2.45, 2.75) is 6.92 Å². The Labute approximate surface area is 96.2 Å². The van der Waals surface area contributed by atoms with Crippen molar-refractivity contribution in [1.29, 1.82) is 0 Å². The first-order valence-corrected chi connectivity index (χ1v) is 5.38. The van der Waals surface area contributed by atoms with Crippen LogP contribution in [0.25, 0.3) is 0 Å². The third-order valence-corrected chi connectivity index (χ3v) is 2.23.